The Balaban J connectivity index is 0.00000378. The van der Waals surface area contributed by atoms with E-state index in [0.29, 0.717) is 11.5 Å². The number of hydrogen-bond donors (Lipinski definition) is 0. The minimum absolute atomic E-state index is 0. The molecule has 1 aliphatic rings. The van der Waals surface area contributed by atoms with Crippen LogP contribution in [-0.4, -0.2) is 9.55 Å². The molecule has 0 saturated heterocycles. The van der Waals surface area contributed by atoms with Crippen molar-refractivity contribution in [2.24, 2.45) is 0 Å². The molecule has 1 aliphatic heterocycles. The monoisotopic (exact) mass is 1220 g/mol. The van der Waals surface area contributed by atoms with Crippen LogP contribution in [0.25, 0.3) is 38.8 Å². The van der Waals surface area contributed by atoms with Crippen molar-refractivity contribution in [2.45, 2.75) is 117 Å². The van der Waals surface area contributed by atoms with Crippen molar-refractivity contribution in [1.82, 2.24) is 9.55 Å². The van der Waals surface area contributed by atoms with Gasteiger partial charge in [0.1, 0.15) is 5.82 Å². The second-order valence-corrected chi connectivity index (χ2v) is 25.2. The number of hydrogen-bond acceptors (Lipinski definition) is 4. The van der Waals surface area contributed by atoms with Gasteiger partial charge in [-0.1, -0.05) is 211 Å². The van der Waals surface area contributed by atoms with Crippen molar-refractivity contribution >= 4 is 44.6 Å². The van der Waals surface area contributed by atoms with Crippen LogP contribution in [0.4, 0.5) is 22.7 Å². The van der Waals surface area contributed by atoms with Crippen molar-refractivity contribution in [3.63, 3.8) is 0 Å². The molecule has 8 aromatic carbocycles. The first-order valence-electron chi connectivity index (χ1n) is 27.2. The van der Waals surface area contributed by atoms with Crippen LogP contribution in [0.5, 0.6) is 11.5 Å². The third-order valence-electron chi connectivity index (χ3n) is 16.0. The fourth-order valence-corrected chi connectivity index (χ4v) is 10.8. The van der Waals surface area contributed by atoms with Crippen molar-refractivity contribution in [2.75, 3.05) is 9.80 Å². The molecule has 0 atom stereocenters. The molecule has 79 heavy (non-hydrogen) atoms. The van der Waals surface area contributed by atoms with Gasteiger partial charge < -0.3 is 26.5 Å². The second-order valence-electron chi connectivity index (χ2n) is 25.2. The summed E-state index contributed by atoms with van der Waals surface area (Å²) in [6.45, 7) is 32.0. The van der Waals surface area contributed by atoms with Crippen LogP contribution in [0, 0.1) is 26.2 Å². The maximum Gasteiger partial charge on any atom is 4.00 e. The molecule has 0 unspecified atom stereocenters. The van der Waals surface area contributed by atoms with E-state index in [1.165, 1.54) is 38.9 Å². The Kier molecular flexibility index (Phi) is 15.1. The largest absolute Gasteiger partial charge is 4.00 e. The van der Waals surface area contributed by atoms with Crippen LogP contribution in [0.15, 0.2) is 188 Å². The molecule has 3 heterocycles. The Morgan fingerprint density at radius 3 is 1.61 bits per heavy atom. The number of ether oxygens (including phenoxy) is 1. The molecule has 0 N–H and O–H groups in total. The van der Waals surface area contributed by atoms with Gasteiger partial charge in [-0.15, -0.1) is 53.6 Å². The summed E-state index contributed by atoms with van der Waals surface area (Å²) < 4.78 is 9.29. The molecule has 5 nitrogen and oxygen atoms in total. The third-order valence-corrected chi connectivity index (χ3v) is 16.0. The van der Waals surface area contributed by atoms with E-state index >= 15 is 0 Å². The molecule has 2 aromatic heterocycles. The van der Waals surface area contributed by atoms with Gasteiger partial charge >= 0.3 is 21.1 Å². The number of aromatic nitrogens is 2. The molecule has 402 valence electrons. The second kappa shape index (κ2) is 21.1. The first-order chi connectivity index (χ1) is 36.5. The van der Waals surface area contributed by atoms with E-state index in [-0.39, 0.29) is 55.6 Å². The Morgan fingerprint density at radius 2 is 1.01 bits per heavy atom. The average Bonchev–Trinajstić information content (AvgIpc) is 4.23. The normalized spacial score (nSPS) is 13.1. The molecule has 0 spiro atoms. The molecule has 0 aliphatic carbocycles. The minimum atomic E-state index is -0.287. The SMILES string of the molecule is CC(C)(C)c1cc(Oc2[c-]c3c(cc2)c2cc(-c4ccccc4)ccc2n3-c2cc(C(C)(C)C)ccn2)[c-]c(N2[CH-]N(c3cc(C(C)(C)c4ccccc4)cc(C(C)(C)c4ccccc4)c3)c3ccc(C(C)(C)C)cc32)c1.[CH3-].[Pt+4]. The van der Waals surface area contributed by atoms with Crippen molar-refractivity contribution in [3.8, 4) is 28.4 Å². The van der Waals surface area contributed by atoms with E-state index in [9.17, 15) is 0 Å². The summed E-state index contributed by atoms with van der Waals surface area (Å²) >= 11 is 0. The molecule has 0 bridgehead atoms. The van der Waals surface area contributed by atoms with Crippen molar-refractivity contribution < 1.29 is 25.8 Å². The van der Waals surface area contributed by atoms with Gasteiger partial charge in [0, 0.05) is 51.1 Å². The van der Waals surface area contributed by atoms with E-state index in [2.05, 4.69) is 299 Å². The van der Waals surface area contributed by atoms with Gasteiger partial charge in [-0.05, 0) is 109 Å². The molecule has 0 radical (unpaired) electrons. The van der Waals surface area contributed by atoms with Crippen molar-refractivity contribution in [3.05, 3.63) is 253 Å². The summed E-state index contributed by atoms with van der Waals surface area (Å²) in [6.07, 6.45) is 1.92. The molecule has 0 amide bonds. The van der Waals surface area contributed by atoms with Crippen LogP contribution in [-0.2, 0) is 48.1 Å². The van der Waals surface area contributed by atoms with Crippen LogP contribution in [0.2, 0.25) is 0 Å². The van der Waals surface area contributed by atoms with E-state index in [4.69, 9.17) is 9.72 Å². The van der Waals surface area contributed by atoms with Crippen LogP contribution in [0.1, 0.15) is 129 Å². The molecular formula is C73H74N4OPt. The zero-order chi connectivity index (χ0) is 54.2. The first-order valence-corrected chi connectivity index (χ1v) is 27.2. The number of benzene rings is 8. The Morgan fingerprint density at radius 1 is 0.430 bits per heavy atom. The molecular weight excluding hydrogens is 1140 g/mol. The molecule has 11 rings (SSSR count). The Labute approximate surface area is 485 Å². The fraction of sp³-hybridized carbons (Fsp3) is 0.247. The van der Waals surface area contributed by atoms with Gasteiger partial charge in [-0.2, -0.15) is 6.07 Å². The quantitative estimate of drug-likeness (QED) is 0.128. The fourth-order valence-electron chi connectivity index (χ4n) is 10.8. The third kappa shape index (κ3) is 10.8. The predicted octanol–water partition coefficient (Wildman–Crippen LogP) is 19.6. The van der Waals surface area contributed by atoms with Gasteiger partial charge in [0.05, 0.1) is 0 Å². The summed E-state index contributed by atoms with van der Waals surface area (Å²) in [5.41, 5.74) is 16.1. The van der Waals surface area contributed by atoms with E-state index in [1.807, 2.05) is 12.3 Å². The Hall–Kier alpha value is -7.20. The topological polar surface area (TPSA) is 33.5 Å². The number of anilines is 4. The Bertz CT molecular complexity index is 3750. The van der Waals surface area contributed by atoms with E-state index in [1.54, 1.807) is 0 Å². The maximum atomic E-state index is 7.05. The summed E-state index contributed by atoms with van der Waals surface area (Å²) in [6, 6.07) is 73.8. The van der Waals surface area contributed by atoms with Gasteiger partial charge in [0.15, 0.2) is 0 Å². The average molecular weight is 1220 g/mol. The summed E-state index contributed by atoms with van der Waals surface area (Å²) in [4.78, 5) is 9.68. The van der Waals surface area contributed by atoms with Crippen LogP contribution in [0.3, 0.4) is 0 Å². The number of nitrogens with zero attached hydrogens (tertiary/aromatic N) is 4. The minimum Gasteiger partial charge on any atom is -0.509 e. The predicted molar refractivity (Wildman–Crippen MR) is 329 cm³/mol. The van der Waals surface area contributed by atoms with Gasteiger partial charge in [0.25, 0.3) is 0 Å². The standard InChI is InChI=1S/C72H71N4O.CH3.Pt/c1-68(2,3)52-30-34-64-66(43-52)75(47-74(64)57-40-55(71(10,11)50-25-19-15-20-26-50)38-56(41-57)72(12,13)51-27-21-16-22-28-51)58-39-54(70(7,8)9)42-60(45-58)77-59-31-32-61-62-37-49(48-23-17-14-18-24-48)29-33-63(62)76(65(61)46-59)67-44-53(35-36-73-67)69(4,5)6;;/h14-44,47H,1-13H3;1H3;/q-3;-1;+4. The number of rotatable bonds is 10. The van der Waals surface area contributed by atoms with Crippen LogP contribution >= 0.6 is 0 Å². The smallest absolute Gasteiger partial charge is 0.509 e. The molecule has 6 heteroatoms. The zero-order valence-corrected chi connectivity index (χ0v) is 50.8. The van der Waals surface area contributed by atoms with Gasteiger partial charge in [-0.3, -0.25) is 0 Å². The van der Waals surface area contributed by atoms with E-state index in [0.717, 1.165) is 61.5 Å². The molecule has 0 fully saturated rings. The maximum absolute atomic E-state index is 7.05. The van der Waals surface area contributed by atoms with Gasteiger partial charge in [-0.25, -0.2) is 4.98 Å². The number of fused-ring (bicyclic) bond motifs is 4. The van der Waals surface area contributed by atoms with E-state index < -0.39 is 0 Å². The van der Waals surface area contributed by atoms with Crippen LogP contribution < -0.4 is 14.5 Å². The summed E-state index contributed by atoms with van der Waals surface area (Å²) in [7, 11) is 0. The zero-order valence-electron chi connectivity index (χ0n) is 48.5. The van der Waals surface area contributed by atoms with Gasteiger partial charge in [0.2, 0.25) is 0 Å². The van der Waals surface area contributed by atoms with Crippen molar-refractivity contribution in [1.29, 1.82) is 0 Å². The first kappa shape index (κ1) is 56.5. The molecule has 10 aromatic rings. The summed E-state index contributed by atoms with van der Waals surface area (Å²) in [5.74, 6) is 2.05. The molecule has 0 saturated carbocycles. The summed E-state index contributed by atoms with van der Waals surface area (Å²) in [5, 5.41) is 2.20. The number of pyridine rings is 1.